The molecule has 7 nitrogen and oxygen atoms in total. The molecule has 1 aliphatic heterocycles. The van der Waals surface area contributed by atoms with Crippen LogP contribution in [0.5, 0.6) is 5.75 Å². The zero-order valence-corrected chi connectivity index (χ0v) is 19.7. The number of benzene rings is 1. The summed E-state index contributed by atoms with van der Waals surface area (Å²) in [7, 11) is -1.79. The van der Waals surface area contributed by atoms with Gasteiger partial charge < -0.3 is 14.4 Å². The van der Waals surface area contributed by atoms with E-state index in [4.69, 9.17) is 13.7 Å². The van der Waals surface area contributed by atoms with E-state index in [1.54, 1.807) is 7.11 Å². The summed E-state index contributed by atoms with van der Waals surface area (Å²) in [6.07, 6.45) is 4.73. The minimum absolute atomic E-state index is 0.0376. The SMILES string of the molecule is CCCCOC(=O)N1C[C@H](SCc2ccc(OC)cc2)C[C@H]1CCCOS(C)(=O)=O. The lowest BCUT2D eigenvalue weighted by molar-refractivity contribution is 0.0945. The standard InChI is InChI=1S/C21H33NO6S2/c1-4-5-12-27-21(23)22-15-20(14-18(22)7-6-13-28-30(3,24)25)29-16-17-8-10-19(26-2)11-9-17/h8-11,18,20H,4-7,12-16H2,1-3H3/t18-,20-/m1/s1. The Morgan fingerprint density at radius 3 is 2.57 bits per heavy atom. The Morgan fingerprint density at radius 1 is 1.20 bits per heavy atom. The van der Waals surface area contributed by atoms with Gasteiger partial charge in [0.1, 0.15) is 5.75 Å². The number of nitrogens with zero attached hydrogens (tertiary/aromatic N) is 1. The third-order valence-corrected chi connectivity index (χ3v) is 6.87. The molecule has 9 heteroatoms. The van der Waals surface area contributed by atoms with Crippen LogP contribution in [0.3, 0.4) is 0 Å². The average Bonchev–Trinajstić information content (AvgIpc) is 3.12. The number of ether oxygens (including phenoxy) is 2. The quantitative estimate of drug-likeness (QED) is 0.344. The largest absolute Gasteiger partial charge is 0.497 e. The van der Waals surface area contributed by atoms with Gasteiger partial charge in [-0.1, -0.05) is 25.5 Å². The van der Waals surface area contributed by atoms with Gasteiger partial charge in [-0.05, 0) is 43.4 Å². The van der Waals surface area contributed by atoms with Gasteiger partial charge in [0.2, 0.25) is 0 Å². The van der Waals surface area contributed by atoms with Crippen molar-refractivity contribution in [2.45, 2.75) is 56.1 Å². The molecule has 0 aromatic heterocycles. The van der Waals surface area contributed by atoms with Crippen molar-refractivity contribution >= 4 is 28.0 Å². The van der Waals surface area contributed by atoms with Gasteiger partial charge in [0, 0.05) is 23.6 Å². The van der Waals surface area contributed by atoms with E-state index in [1.165, 1.54) is 5.56 Å². The number of methoxy groups -OCH3 is 1. The maximum atomic E-state index is 12.6. The summed E-state index contributed by atoms with van der Waals surface area (Å²) in [5.74, 6) is 1.69. The molecular formula is C21H33NO6S2. The van der Waals surface area contributed by atoms with Crippen LogP contribution in [-0.4, -0.2) is 63.8 Å². The number of carbonyl (C=O) groups is 1. The maximum absolute atomic E-state index is 12.6. The molecule has 0 spiro atoms. The second-order valence-electron chi connectivity index (χ2n) is 7.46. The predicted molar refractivity (Wildman–Crippen MR) is 119 cm³/mol. The third-order valence-electron chi connectivity index (χ3n) is 4.96. The molecule has 1 aliphatic rings. The summed E-state index contributed by atoms with van der Waals surface area (Å²) in [5, 5.41) is 0.312. The zero-order chi connectivity index (χ0) is 22.0. The maximum Gasteiger partial charge on any atom is 0.410 e. The van der Waals surface area contributed by atoms with Gasteiger partial charge in [-0.3, -0.25) is 4.18 Å². The van der Waals surface area contributed by atoms with Crippen LogP contribution in [0.2, 0.25) is 0 Å². The molecule has 0 radical (unpaired) electrons. The number of carbonyl (C=O) groups excluding carboxylic acids is 1. The van der Waals surface area contributed by atoms with Gasteiger partial charge in [-0.15, -0.1) is 0 Å². The molecule has 1 aromatic rings. The average molecular weight is 460 g/mol. The highest BCUT2D eigenvalue weighted by Gasteiger charge is 2.36. The summed E-state index contributed by atoms with van der Waals surface area (Å²) in [4.78, 5) is 14.4. The molecule has 1 fully saturated rings. The van der Waals surface area contributed by atoms with Gasteiger partial charge in [0.05, 0.1) is 26.6 Å². The molecule has 0 N–H and O–H groups in total. The van der Waals surface area contributed by atoms with E-state index in [2.05, 4.69) is 19.1 Å². The highest BCUT2D eigenvalue weighted by Crippen LogP contribution is 2.32. The second-order valence-corrected chi connectivity index (χ2v) is 10.4. The lowest BCUT2D eigenvalue weighted by Gasteiger charge is -2.23. The number of hydrogen-bond acceptors (Lipinski definition) is 7. The Bertz CT molecular complexity index is 753. The van der Waals surface area contributed by atoms with Crippen molar-refractivity contribution < 1.29 is 26.9 Å². The molecule has 1 aromatic carbocycles. The molecule has 1 heterocycles. The number of unbranched alkanes of at least 4 members (excludes halogenated alkanes) is 1. The van der Waals surface area contributed by atoms with Crippen molar-refractivity contribution in [2.24, 2.45) is 0 Å². The van der Waals surface area contributed by atoms with E-state index in [9.17, 15) is 13.2 Å². The first-order valence-electron chi connectivity index (χ1n) is 10.3. The number of thioether (sulfide) groups is 1. The molecule has 2 atom stereocenters. The van der Waals surface area contributed by atoms with E-state index >= 15 is 0 Å². The van der Waals surface area contributed by atoms with E-state index in [0.717, 1.165) is 37.0 Å². The van der Waals surface area contributed by atoms with Gasteiger partial charge in [-0.25, -0.2) is 4.79 Å². The van der Waals surface area contributed by atoms with Crippen LogP contribution in [0.25, 0.3) is 0 Å². The third kappa shape index (κ3) is 8.73. The molecule has 2 rings (SSSR count). The van der Waals surface area contributed by atoms with Crippen molar-refractivity contribution in [3.05, 3.63) is 29.8 Å². The van der Waals surface area contributed by atoms with Crippen LogP contribution in [0.4, 0.5) is 4.79 Å². The van der Waals surface area contributed by atoms with E-state index < -0.39 is 10.1 Å². The zero-order valence-electron chi connectivity index (χ0n) is 18.0. The second kappa shape index (κ2) is 12.4. The lowest BCUT2D eigenvalue weighted by Crippen LogP contribution is -2.36. The summed E-state index contributed by atoms with van der Waals surface area (Å²) in [6, 6.07) is 8.05. The topological polar surface area (TPSA) is 82.1 Å². The monoisotopic (exact) mass is 459 g/mol. The summed E-state index contributed by atoms with van der Waals surface area (Å²) < 4.78 is 37.7. The van der Waals surface area contributed by atoms with Gasteiger partial charge in [-0.2, -0.15) is 20.2 Å². The first-order chi connectivity index (χ1) is 14.3. The van der Waals surface area contributed by atoms with Crippen molar-refractivity contribution in [3.8, 4) is 5.75 Å². The number of likely N-dealkylation sites (tertiary alicyclic amines) is 1. The van der Waals surface area contributed by atoms with Crippen molar-refractivity contribution in [1.29, 1.82) is 0 Å². The van der Waals surface area contributed by atoms with Crippen molar-refractivity contribution in [1.82, 2.24) is 4.90 Å². The van der Waals surface area contributed by atoms with E-state index in [-0.39, 0.29) is 18.7 Å². The highest BCUT2D eigenvalue weighted by atomic mass is 32.2. The molecule has 1 saturated heterocycles. The van der Waals surface area contributed by atoms with Gasteiger partial charge in [0.25, 0.3) is 10.1 Å². The first kappa shape index (κ1) is 24.8. The first-order valence-corrected chi connectivity index (χ1v) is 13.2. The van der Waals surface area contributed by atoms with Crippen LogP contribution in [0, 0.1) is 0 Å². The Labute approximate surface area is 184 Å². The number of amides is 1. The van der Waals surface area contributed by atoms with Crippen LogP contribution in [-0.2, 0) is 24.8 Å². The molecule has 0 bridgehead atoms. The van der Waals surface area contributed by atoms with Crippen LogP contribution in [0.15, 0.2) is 24.3 Å². The summed E-state index contributed by atoms with van der Waals surface area (Å²) in [6.45, 7) is 3.26. The van der Waals surface area contributed by atoms with Crippen molar-refractivity contribution in [3.63, 3.8) is 0 Å². The fourth-order valence-corrected chi connectivity index (χ4v) is 5.01. The summed E-state index contributed by atoms with van der Waals surface area (Å²) in [5.41, 5.74) is 1.21. The van der Waals surface area contributed by atoms with Gasteiger partial charge in [0.15, 0.2) is 0 Å². The number of rotatable bonds is 12. The fourth-order valence-electron chi connectivity index (χ4n) is 3.34. The molecule has 170 valence electrons. The molecule has 0 aliphatic carbocycles. The number of hydrogen-bond donors (Lipinski definition) is 0. The van der Waals surface area contributed by atoms with E-state index in [0.29, 0.717) is 31.2 Å². The van der Waals surface area contributed by atoms with Crippen LogP contribution >= 0.6 is 11.8 Å². The normalized spacial score (nSPS) is 19.1. The molecule has 0 unspecified atom stereocenters. The molecular weight excluding hydrogens is 426 g/mol. The minimum Gasteiger partial charge on any atom is -0.497 e. The van der Waals surface area contributed by atoms with Crippen LogP contribution in [0.1, 0.15) is 44.6 Å². The Morgan fingerprint density at radius 2 is 1.93 bits per heavy atom. The predicted octanol–water partition coefficient (Wildman–Crippen LogP) is 4.06. The molecule has 30 heavy (non-hydrogen) atoms. The fraction of sp³-hybridized carbons (Fsp3) is 0.667. The van der Waals surface area contributed by atoms with Gasteiger partial charge >= 0.3 is 6.09 Å². The van der Waals surface area contributed by atoms with E-state index in [1.807, 2.05) is 28.8 Å². The van der Waals surface area contributed by atoms with Crippen LogP contribution < -0.4 is 4.74 Å². The highest BCUT2D eigenvalue weighted by molar-refractivity contribution is 7.99. The summed E-state index contributed by atoms with van der Waals surface area (Å²) >= 11 is 1.83. The molecule has 1 amide bonds. The minimum atomic E-state index is -3.44. The smallest absolute Gasteiger partial charge is 0.410 e. The molecule has 0 saturated carbocycles. The Balaban J connectivity index is 1.89. The van der Waals surface area contributed by atoms with Crippen molar-refractivity contribution in [2.75, 3.05) is 33.1 Å². The Hall–Kier alpha value is -1.45. The Kier molecular flexibility index (Phi) is 10.3. The lowest BCUT2D eigenvalue weighted by atomic mass is 10.1.